The molecule has 0 aliphatic carbocycles. The molecule has 1 fully saturated rings. The third-order valence-electron chi connectivity index (χ3n) is 5.41. The molecule has 1 amide bonds. The van der Waals surface area contributed by atoms with Crippen LogP contribution >= 0.6 is 0 Å². The van der Waals surface area contributed by atoms with Crippen molar-refractivity contribution < 1.29 is 22.7 Å². The van der Waals surface area contributed by atoms with Crippen molar-refractivity contribution in [1.82, 2.24) is 29.8 Å². The first kappa shape index (κ1) is 20.4. The maximum absolute atomic E-state index is 13.1. The van der Waals surface area contributed by atoms with Gasteiger partial charge in [0.05, 0.1) is 4.90 Å². The third kappa shape index (κ3) is 3.78. The average molecular weight is 456 g/mol. The highest BCUT2D eigenvalue weighted by Crippen LogP contribution is 2.33. The zero-order chi connectivity index (χ0) is 22.1. The number of piperazine rings is 1. The topological polar surface area (TPSA) is 131 Å². The maximum atomic E-state index is 13.1. The van der Waals surface area contributed by atoms with E-state index < -0.39 is 10.0 Å². The molecule has 0 saturated carbocycles. The molecule has 0 spiro atoms. The summed E-state index contributed by atoms with van der Waals surface area (Å²) in [6.07, 6.45) is 0. The Labute approximate surface area is 184 Å². The van der Waals surface area contributed by atoms with E-state index in [4.69, 9.17) is 9.47 Å². The molecule has 1 aromatic heterocycles. The summed E-state index contributed by atoms with van der Waals surface area (Å²) in [5.74, 6) is 1.26. The number of hydrogen-bond donors (Lipinski definition) is 1. The third-order valence-corrected chi connectivity index (χ3v) is 7.31. The summed E-state index contributed by atoms with van der Waals surface area (Å²) in [6.45, 7) is 1.85. The number of fused-ring (bicyclic) bond motifs is 1. The fourth-order valence-corrected chi connectivity index (χ4v) is 5.13. The highest BCUT2D eigenvalue weighted by Gasteiger charge is 2.31. The number of nitrogens with one attached hydrogen (secondary N) is 1. The molecule has 0 unspecified atom stereocenters. The first-order chi connectivity index (χ1) is 15.5. The summed E-state index contributed by atoms with van der Waals surface area (Å²) in [6, 6.07) is 11.5. The van der Waals surface area contributed by atoms with E-state index in [0.29, 0.717) is 49.2 Å². The molecule has 32 heavy (non-hydrogen) atoms. The Morgan fingerprint density at radius 1 is 0.938 bits per heavy atom. The number of benzene rings is 2. The monoisotopic (exact) mass is 456 g/mol. The molecule has 11 nitrogen and oxygen atoms in total. The normalized spacial score (nSPS) is 16.7. The molecule has 2 aliphatic rings. The van der Waals surface area contributed by atoms with E-state index in [1.54, 1.807) is 35.2 Å². The molecular formula is C20H20N6O5S. The van der Waals surface area contributed by atoms with Crippen LogP contribution in [-0.2, 0) is 10.0 Å². The van der Waals surface area contributed by atoms with Gasteiger partial charge in [-0.25, -0.2) is 8.42 Å². The second kappa shape index (κ2) is 8.20. The summed E-state index contributed by atoms with van der Waals surface area (Å²) < 4.78 is 38.5. The van der Waals surface area contributed by atoms with Gasteiger partial charge >= 0.3 is 0 Å². The molecule has 0 atom stereocenters. The van der Waals surface area contributed by atoms with E-state index in [2.05, 4.69) is 20.6 Å². The van der Waals surface area contributed by atoms with E-state index in [-0.39, 0.29) is 23.9 Å². The molecule has 1 N–H and O–H groups in total. The average Bonchev–Trinajstić information content (AvgIpc) is 3.38. The van der Waals surface area contributed by atoms with Crippen LogP contribution in [0.5, 0.6) is 11.5 Å². The van der Waals surface area contributed by atoms with Crippen molar-refractivity contribution in [1.29, 1.82) is 0 Å². The van der Waals surface area contributed by atoms with Gasteiger partial charge in [0.1, 0.15) is 13.2 Å². The second-order valence-corrected chi connectivity index (χ2v) is 9.25. The number of amides is 1. The fraction of sp³-hybridized carbons (Fsp3) is 0.300. The number of sulfonamides is 1. The molecule has 3 aromatic rings. The summed E-state index contributed by atoms with van der Waals surface area (Å²) in [4.78, 5) is 14.7. The Bertz CT molecular complexity index is 1220. The molecule has 2 aromatic carbocycles. The molecular weight excluding hydrogens is 436 g/mol. The Hall–Kier alpha value is -3.51. The predicted molar refractivity (Wildman–Crippen MR) is 112 cm³/mol. The number of aromatic amines is 1. The molecule has 12 heteroatoms. The molecule has 0 radical (unpaired) electrons. The number of aromatic nitrogens is 4. The minimum absolute atomic E-state index is 0.151. The van der Waals surface area contributed by atoms with Crippen LogP contribution in [0, 0.1) is 0 Å². The van der Waals surface area contributed by atoms with Crippen molar-refractivity contribution in [2.45, 2.75) is 4.90 Å². The highest BCUT2D eigenvalue weighted by molar-refractivity contribution is 7.89. The molecule has 1 saturated heterocycles. The summed E-state index contributed by atoms with van der Waals surface area (Å²) >= 11 is 0. The quantitative estimate of drug-likeness (QED) is 0.610. The number of nitrogens with zero attached hydrogens (tertiary/aromatic N) is 5. The minimum atomic E-state index is -3.70. The van der Waals surface area contributed by atoms with Gasteiger partial charge in [-0.15, -0.1) is 10.2 Å². The zero-order valence-electron chi connectivity index (χ0n) is 17.0. The lowest BCUT2D eigenvalue weighted by Crippen LogP contribution is -2.50. The van der Waals surface area contributed by atoms with Crippen LogP contribution < -0.4 is 9.47 Å². The predicted octanol–water partition coefficient (Wildman–Crippen LogP) is 0.785. The standard InChI is InChI=1S/C20H20N6O5S/c27-20(15-3-1-14(2-4-15)19-21-23-24-22-19)25-7-9-26(10-8-25)32(28,29)16-5-6-17-18(13-16)31-12-11-30-17/h1-6,13H,7-12H2,(H,21,22,23,24). The first-order valence-corrected chi connectivity index (χ1v) is 11.5. The molecule has 0 bridgehead atoms. The van der Waals surface area contributed by atoms with Gasteiger partial charge in [0, 0.05) is 43.4 Å². The van der Waals surface area contributed by atoms with Gasteiger partial charge in [-0.3, -0.25) is 4.79 Å². The maximum Gasteiger partial charge on any atom is 0.253 e. The summed E-state index contributed by atoms with van der Waals surface area (Å²) in [5.41, 5.74) is 1.26. The van der Waals surface area contributed by atoms with Crippen LogP contribution in [-0.4, -0.2) is 83.5 Å². The fourth-order valence-electron chi connectivity index (χ4n) is 3.69. The Morgan fingerprint density at radius 2 is 1.66 bits per heavy atom. The van der Waals surface area contributed by atoms with Gasteiger partial charge in [0.2, 0.25) is 15.8 Å². The van der Waals surface area contributed by atoms with Crippen LogP contribution in [0.25, 0.3) is 11.4 Å². The zero-order valence-corrected chi connectivity index (χ0v) is 17.8. The number of carbonyl (C=O) groups excluding carboxylic acids is 1. The number of rotatable bonds is 4. The smallest absolute Gasteiger partial charge is 0.253 e. The number of hydrogen-bond acceptors (Lipinski definition) is 8. The largest absolute Gasteiger partial charge is 0.486 e. The summed E-state index contributed by atoms with van der Waals surface area (Å²) in [5, 5.41) is 13.7. The van der Waals surface area contributed by atoms with Crippen molar-refractivity contribution in [3.8, 4) is 22.9 Å². The lowest BCUT2D eigenvalue weighted by atomic mass is 10.1. The van der Waals surface area contributed by atoms with Crippen LogP contribution in [0.2, 0.25) is 0 Å². The number of carbonyl (C=O) groups is 1. The number of ether oxygens (including phenoxy) is 2. The Balaban J connectivity index is 1.25. The first-order valence-electron chi connectivity index (χ1n) is 10.1. The summed E-state index contributed by atoms with van der Waals surface area (Å²) in [7, 11) is -3.70. The van der Waals surface area contributed by atoms with Crippen molar-refractivity contribution in [2.24, 2.45) is 0 Å². The van der Waals surface area contributed by atoms with Gasteiger partial charge in [0.15, 0.2) is 11.5 Å². The Morgan fingerprint density at radius 3 is 2.34 bits per heavy atom. The number of H-pyrrole nitrogens is 1. The molecule has 166 valence electrons. The molecule has 2 aliphatic heterocycles. The van der Waals surface area contributed by atoms with E-state index >= 15 is 0 Å². The highest BCUT2D eigenvalue weighted by atomic mass is 32.2. The SMILES string of the molecule is O=C(c1ccc(-c2nn[nH]n2)cc1)N1CCN(S(=O)(=O)c2ccc3c(c2)OCCO3)CC1. The van der Waals surface area contributed by atoms with Gasteiger partial charge in [0.25, 0.3) is 5.91 Å². The van der Waals surface area contributed by atoms with E-state index in [1.807, 2.05) is 0 Å². The van der Waals surface area contributed by atoms with Crippen molar-refractivity contribution in [2.75, 3.05) is 39.4 Å². The molecule has 5 rings (SSSR count). The van der Waals surface area contributed by atoms with Gasteiger partial charge < -0.3 is 14.4 Å². The van der Waals surface area contributed by atoms with Crippen LogP contribution in [0.4, 0.5) is 0 Å². The molecule has 3 heterocycles. The van der Waals surface area contributed by atoms with E-state index in [9.17, 15) is 13.2 Å². The van der Waals surface area contributed by atoms with Crippen molar-refractivity contribution >= 4 is 15.9 Å². The van der Waals surface area contributed by atoms with Crippen molar-refractivity contribution in [3.05, 3.63) is 48.0 Å². The van der Waals surface area contributed by atoms with Gasteiger partial charge in [-0.2, -0.15) is 9.52 Å². The second-order valence-electron chi connectivity index (χ2n) is 7.31. The lowest BCUT2D eigenvalue weighted by Gasteiger charge is -2.34. The van der Waals surface area contributed by atoms with Crippen molar-refractivity contribution in [3.63, 3.8) is 0 Å². The Kier molecular flexibility index (Phi) is 5.23. The minimum Gasteiger partial charge on any atom is -0.486 e. The van der Waals surface area contributed by atoms with Crippen LogP contribution in [0.15, 0.2) is 47.4 Å². The lowest BCUT2D eigenvalue weighted by molar-refractivity contribution is 0.0698. The van der Waals surface area contributed by atoms with Crippen LogP contribution in [0.3, 0.4) is 0 Å². The van der Waals surface area contributed by atoms with Gasteiger partial charge in [-0.05, 0) is 29.5 Å². The van der Waals surface area contributed by atoms with Crippen LogP contribution in [0.1, 0.15) is 10.4 Å². The number of tetrazole rings is 1. The van der Waals surface area contributed by atoms with Gasteiger partial charge in [-0.1, -0.05) is 12.1 Å². The van der Waals surface area contributed by atoms with E-state index in [0.717, 1.165) is 5.56 Å². The van der Waals surface area contributed by atoms with E-state index in [1.165, 1.54) is 16.4 Å².